The Morgan fingerprint density at radius 1 is 1.22 bits per heavy atom. The fourth-order valence-corrected chi connectivity index (χ4v) is 2.46. The molecular formula is C14H29ClN2O. The van der Waals surface area contributed by atoms with Gasteiger partial charge in [-0.1, -0.05) is 34.6 Å². The van der Waals surface area contributed by atoms with Gasteiger partial charge in [0.15, 0.2) is 0 Å². The summed E-state index contributed by atoms with van der Waals surface area (Å²) in [5, 5.41) is 0. The number of amides is 1. The van der Waals surface area contributed by atoms with Crippen LogP contribution in [0.15, 0.2) is 0 Å². The minimum atomic E-state index is -0.332. The number of piperidine rings is 1. The van der Waals surface area contributed by atoms with Gasteiger partial charge in [-0.15, -0.1) is 12.4 Å². The molecule has 0 radical (unpaired) electrons. The van der Waals surface area contributed by atoms with E-state index in [1.165, 1.54) is 0 Å². The molecule has 1 heterocycles. The smallest absolute Gasteiger partial charge is 0.239 e. The lowest BCUT2D eigenvalue weighted by atomic mass is 9.75. The number of hydrogen-bond donors (Lipinski definition) is 1. The monoisotopic (exact) mass is 276 g/mol. The van der Waals surface area contributed by atoms with E-state index in [1.54, 1.807) is 0 Å². The van der Waals surface area contributed by atoms with Crippen molar-refractivity contribution in [2.24, 2.45) is 23.0 Å². The Hall–Kier alpha value is -0.280. The molecule has 0 saturated carbocycles. The summed E-state index contributed by atoms with van der Waals surface area (Å²) in [4.78, 5) is 14.0. The lowest BCUT2D eigenvalue weighted by molar-refractivity contribution is -0.135. The molecule has 18 heavy (non-hydrogen) atoms. The molecule has 0 aromatic carbocycles. The van der Waals surface area contributed by atoms with Crippen LogP contribution in [0.3, 0.4) is 0 Å². The summed E-state index contributed by atoms with van der Waals surface area (Å²) in [7, 11) is 0. The molecular weight excluding hydrogens is 248 g/mol. The molecule has 4 heteroatoms. The van der Waals surface area contributed by atoms with E-state index in [2.05, 4.69) is 20.8 Å². The minimum Gasteiger partial charge on any atom is -0.341 e. The van der Waals surface area contributed by atoms with Crippen LogP contribution in [0, 0.1) is 17.3 Å². The van der Waals surface area contributed by atoms with Gasteiger partial charge in [0.2, 0.25) is 5.91 Å². The van der Waals surface area contributed by atoms with E-state index >= 15 is 0 Å². The standard InChI is InChI=1S/C14H28N2O.ClH/c1-10(2)12(15)13(17)16-8-6-11(7-9-16)14(3,4)5;/h10-12H,6-9,15H2,1-5H3;1H. The van der Waals surface area contributed by atoms with E-state index in [4.69, 9.17) is 5.73 Å². The number of likely N-dealkylation sites (tertiary alicyclic amines) is 1. The van der Waals surface area contributed by atoms with E-state index in [0.29, 0.717) is 5.41 Å². The molecule has 1 amide bonds. The molecule has 1 rings (SSSR count). The molecule has 1 fully saturated rings. The average molecular weight is 277 g/mol. The Kier molecular flexibility index (Phi) is 6.66. The third-order valence-electron chi connectivity index (χ3n) is 4.03. The summed E-state index contributed by atoms with van der Waals surface area (Å²) in [6.07, 6.45) is 2.22. The summed E-state index contributed by atoms with van der Waals surface area (Å²) in [5.74, 6) is 1.08. The molecule has 1 unspecified atom stereocenters. The average Bonchev–Trinajstić information content (AvgIpc) is 2.26. The molecule has 108 valence electrons. The van der Waals surface area contributed by atoms with Crippen LogP contribution >= 0.6 is 12.4 Å². The quantitative estimate of drug-likeness (QED) is 0.843. The largest absolute Gasteiger partial charge is 0.341 e. The van der Waals surface area contributed by atoms with Crippen LogP contribution in [0.2, 0.25) is 0 Å². The third kappa shape index (κ3) is 4.43. The fraction of sp³-hybridized carbons (Fsp3) is 0.929. The van der Waals surface area contributed by atoms with Crippen LogP contribution < -0.4 is 5.73 Å². The first-order chi connectivity index (χ1) is 7.73. The summed E-state index contributed by atoms with van der Waals surface area (Å²) in [6.45, 7) is 12.6. The van der Waals surface area contributed by atoms with Crippen molar-refractivity contribution >= 4 is 18.3 Å². The van der Waals surface area contributed by atoms with Crippen molar-refractivity contribution in [2.45, 2.75) is 53.5 Å². The van der Waals surface area contributed by atoms with Gasteiger partial charge in [-0.3, -0.25) is 4.79 Å². The van der Waals surface area contributed by atoms with Crippen molar-refractivity contribution in [1.29, 1.82) is 0 Å². The Morgan fingerprint density at radius 2 is 1.67 bits per heavy atom. The third-order valence-corrected chi connectivity index (χ3v) is 4.03. The summed E-state index contributed by atoms with van der Waals surface area (Å²) in [5.41, 5.74) is 6.28. The molecule has 0 aliphatic carbocycles. The second-order valence-corrected chi connectivity index (χ2v) is 6.74. The van der Waals surface area contributed by atoms with Crippen molar-refractivity contribution in [3.05, 3.63) is 0 Å². The van der Waals surface area contributed by atoms with Crippen LogP contribution in [0.4, 0.5) is 0 Å². The topological polar surface area (TPSA) is 46.3 Å². The lowest BCUT2D eigenvalue weighted by Crippen LogP contribution is -2.50. The number of carbonyl (C=O) groups is 1. The predicted molar refractivity (Wildman–Crippen MR) is 78.8 cm³/mol. The molecule has 1 atom stereocenters. The normalized spacial score (nSPS) is 19.6. The lowest BCUT2D eigenvalue weighted by Gasteiger charge is -2.39. The van der Waals surface area contributed by atoms with E-state index < -0.39 is 0 Å². The maximum absolute atomic E-state index is 12.1. The first kappa shape index (κ1) is 17.7. The van der Waals surface area contributed by atoms with Gasteiger partial charge in [0.1, 0.15) is 0 Å². The van der Waals surface area contributed by atoms with Gasteiger partial charge < -0.3 is 10.6 Å². The van der Waals surface area contributed by atoms with E-state index in [-0.39, 0.29) is 30.3 Å². The number of hydrogen-bond acceptors (Lipinski definition) is 2. The highest BCUT2D eigenvalue weighted by molar-refractivity contribution is 5.85. The van der Waals surface area contributed by atoms with Crippen molar-refractivity contribution < 1.29 is 4.79 Å². The van der Waals surface area contributed by atoms with Gasteiger partial charge in [0.25, 0.3) is 0 Å². The van der Waals surface area contributed by atoms with Gasteiger partial charge in [-0.2, -0.15) is 0 Å². The molecule has 3 nitrogen and oxygen atoms in total. The molecule has 1 saturated heterocycles. The first-order valence-electron chi connectivity index (χ1n) is 6.78. The highest BCUT2D eigenvalue weighted by Gasteiger charge is 2.32. The van der Waals surface area contributed by atoms with Gasteiger partial charge in [-0.05, 0) is 30.1 Å². The Bertz CT molecular complexity index is 265. The number of halogens is 1. The predicted octanol–water partition coefficient (Wildman–Crippen LogP) is 2.68. The van der Waals surface area contributed by atoms with E-state index in [1.807, 2.05) is 18.7 Å². The van der Waals surface area contributed by atoms with Crippen LogP contribution in [0.25, 0.3) is 0 Å². The summed E-state index contributed by atoms with van der Waals surface area (Å²) >= 11 is 0. The van der Waals surface area contributed by atoms with Crippen LogP contribution in [-0.4, -0.2) is 29.9 Å². The summed E-state index contributed by atoms with van der Waals surface area (Å²) < 4.78 is 0. The molecule has 0 aromatic rings. The van der Waals surface area contributed by atoms with Gasteiger partial charge in [0.05, 0.1) is 6.04 Å². The van der Waals surface area contributed by atoms with Crippen molar-refractivity contribution in [1.82, 2.24) is 4.90 Å². The summed E-state index contributed by atoms with van der Waals surface area (Å²) in [6, 6.07) is -0.332. The molecule has 0 bridgehead atoms. The van der Waals surface area contributed by atoms with Crippen LogP contribution in [0.1, 0.15) is 47.5 Å². The maximum Gasteiger partial charge on any atom is 0.239 e. The Morgan fingerprint density at radius 3 is 2.00 bits per heavy atom. The van der Waals surface area contributed by atoms with Gasteiger partial charge in [-0.25, -0.2) is 0 Å². The van der Waals surface area contributed by atoms with Crippen molar-refractivity contribution in [3.8, 4) is 0 Å². The number of nitrogens with two attached hydrogens (primary N) is 1. The Labute approximate surface area is 118 Å². The van der Waals surface area contributed by atoms with Crippen LogP contribution in [-0.2, 0) is 4.79 Å². The van der Waals surface area contributed by atoms with Gasteiger partial charge >= 0.3 is 0 Å². The van der Waals surface area contributed by atoms with E-state index in [0.717, 1.165) is 31.8 Å². The first-order valence-corrected chi connectivity index (χ1v) is 6.78. The number of nitrogens with zero attached hydrogens (tertiary/aromatic N) is 1. The molecule has 0 aromatic heterocycles. The number of carbonyl (C=O) groups excluding carboxylic acids is 1. The van der Waals surface area contributed by atoms with Crippen LogP contribution in [0.5, 0.6) is 0 Å². The molecule has 1 aliphatic heterocycles. The molecule has 0 spiro atoms. The molecule has 1 aliphatic rings. The fourth-order valence-electron chi connectivity index (χ4n) is 2.46. The second-order valence-electron chi connectivity index (χ2n) is 6.74. The number of rotatable bonds is 2. The highest BCUT2D eigenvalue weighted by Crippen LogP contribution is 2.34. The zero-order valence-corrected chi connectivity index (χ0v) is 13.2. The zero-order chi connectivity index (χ0) is 13.2. The Balaban J connectivity index is 0.00000289. The second kappa shape index (κ2) is 6.76. The minimum absolute atomic E-state index is 0. The van der Waals surface area contributed by atoms with Crippen molar-refractivity contribution in [2.75, 3.05) is 13.1 Å². The van der Waals surface area contributed by atoms with Gasteiger partial charge in [0, 0.05) is 13.1 Å². The highest BCUT2D eigenvalue weighted by atomic mass is 35.5. The molecule has 2 N–H and O–H groups in total. The zero-order valence-electron chi connectivity index (χ0n) is 12.4. The van der Waals surface area contributed by atoms with E-state index in [9.17, 15) is 4.79 Å². The maximum atomic E-state index is 12.1. The van der Waals surface area contributed by atoms with Crippen molar-refractivity contribution in [3.63, 3.8) is 0 Å². The SMILES string of the molecule is CC(C)C(N)C(=O)N1CCC(C(C)(C)C)CC1.Cl.